The van der Waals surface area contributed by atoms with E-state index in [1.165, 1.54) is 5.69 Å². The molecule has 0 spiro atoms. The van der Waals surface area contributed by atoms with Gasteiger partial charge in [-0.1, -0.05) is 29.8 Å². The highest BCUT2D eigenvalue weighted by atomic mass is 35.5. The van der Waals surface area contributed by atoms with E-state index in [2.05, 4.69) is 40.4 Å². The molecule has 0 radical (unpaired) electrons. The topological polar surface area (TPSA) is 40.5 Å². The number of amides is 1. The zero-order valence-corrected chi connectivity index (χ0v) is 17.0. The number of fused-ring (bicyclic) bond motifs is 1. The van der Waals surface area contributed by atoms with Gasteiger partial charge in [0.1, 0.15) is 5.69 Å². The number of carbonyl (C=O) groups is 1. The standard InChI is InChI=1S/C22H25ClN4O/c1-25-10-12-27(13-11-25)20-5-3-4-19-18(20)14-21(26(19)2)22(28)24-15-16-6-8-17(23)9-7-16/h3-9,14H,10-13,15H2,1-2H3,(H,24,28). The fourth-order valence-corrected chi connectivity index (χ4v) is 3.89. The maximum absolute atomic E-state index is 12.8. The summed E-state index contributed by atoms with van der Waals surface area (Å²) in [5, 5.41) is 4.84. The van der Waals surface area contributed by atoms with Crippen LogP contribution in [0, 0.1) is 0 Å². The molecule has 0 bridgehead atoms. The minimum Gasteiger partial charge on any atom is -0.368 e. The molecule has 4 rings (SSSR count). The summed E-state index contributed by atoms with van der Waals surface area (Å²) in [5.41, 5.74) is 3.98. The Labute approximate surface area is 170 Å². The number of rotatable bonds is 4. The van der Waals surface area contributed by atoms with Crippen LogP contribution in [0.15, 0.2) is 48.5 Å². The third-order valence-corrected chi connectivity index (χ3v) is 5.76. The van der Waals surface area contributed by atoms with E-state index in [0.29, 0.717) is 17.3 Å². The van der Waals surface area contributed by atoms with E-state index < -0.39 is 0 Å². The smallest absolute Gasteiger partial charge is 0.268 e. The Bertz CT molecular complexity index is 988. The first kappa shape index (κ1) is 18.8. The second kappa shape index (κ2) is 7.86. The van der Waals surface area contributed by atoms with Crippen LogP contribution in [-0.2, 0) is 13.6 Å². The second-order valence-electron chi connectivity index (χ2n) is 7.40. The lowest BCUT2D eigenvalue weighted by molar-refractivity contribution is 0.0943. The molecule has 1 N–H and O–H groups in total. The predicted octanol–water partition coefficient (Wildman–Crippen LogP) is 3.51. The molecule has 0 saturated carbocycles. The average molecular weight is 397 g/mol. The molecule has 3 aromatic rings. The third kappa shape index (κ3) is 3.73. The Morgan fingerprint density at radius 2 is 1.75 bits per heavy atom. The zero-order valence-electron chi connectivity index (χ0n) is 16.3. The molecular weight excluding hydrogens is 372 g/mol. The lowest BCUT2D eigenvalue weighted by Gasteiger charge is -2.34. The van der Waals surface area contributed by atoms with Gasteiger partial charge in [0.25, 0.3) is 5.91 Å². The Morgan fingerprint density at radius 1 is 1.04 bits per heavy atom. The molecule has 6 heteroatoms. The maximum Gasteiger partial charge on any atom is 0.268 e. The summed E-state index contributed by atoms with van der Waals surface area (Å²) in [5.74, 6) is -0.0713. The van der Waals surface area contributed by atoms with Crippen LogP contribution in [0.25, 0.3) is 10.9 Å². The van der Waals surface area contributed by atoms with Crippen LogP contribution in [0.1, 0.15) is 16.1 Å². The van der Waals surface area contributed by atoms with Crippen molar-refractivity contribution in [1.29, 1.82) is 0 Å². The SMILES string of the molecule is CN1CCN(c2cccc3c2cc(C(=O)NCc2ccc(Cl)cc2)n3C)CC1. The molecule has 0 unspecified atom stereocenters. The van der Waals surface area contributed by atoms with Crippen molar-refractivity contribution < 1.29 is 4.79 Å². The van der Waals surface area contributed by atoms with Gasteiger partial charge in [0.15, 0.2) is 0 Å². The number of piperazine rings is 1. The van der Waals surface area contributed by atoms with Gasteiger partial charge < -0.3 is 19.7 Å². The summed E-state index contributed by atoms with van der Waals surface area (Å²) in [7, 11) is 4.11. The number of benzene rings is 2. The van der Waals surface area contributed by atoms with E-state index in [1.807, 2.05) is 41.9 Å². The minimum absolute atomic E-state index is 0.0713. The van der Waals surface area contributed by atoms with Crippen molar-refractivity contribution in [3.63, 3.8) is 0 Å². The molecular formula is C22H25ClN4O. The molecule has 1 aliphatic rings. The summed E-state index contributed by atoms with van der Waals surface area (Å²) in [6, 6.07) is 15.8. The predicted molar refractivity (Wildman–Crippen MR) is 115 cm³/mol. The van der Waals surface area contributed by atoms with Gasteiger partial charge in [-0.2, -0.15) is 0 Å². The maximum atomic E-state index is 12.8. The number of nitrogens with zero attached hydrogens (tertiary/aromatic N) is 3. The van der Waals surface area contributed by atoms with Crippen LogP contribution in [0.4, 0.5) is 5.69 Å². The van der Waals surface area contributed by atoms with Crippen molar-refractivity contribution in [3.8, 4) is 0 Å². The van der Waals surface area contributed by atoms with E-state index in [9.17, 15) is 4.79 Å². The summed E-state index contributed by atoms with van der Waals surface area (Å²) in [4.78, 5) is 17.6. The van der Waals surface area contributed by atoms with Crippen molar-refractivity contribution >= 4 is 34.1 Å². The van der Waals surface area contributed by atoms with Crippen LogP contribution in [0.5, 0.6) is 0 Å². The van der Waals surface area contributed by atoms with Gasteiger partial charge in [0, 0.05) is 55.9 Å². The first-order chi connectivity index (χ1) is 13.5. The molecule has 2 aromatic carbocycles. The summed E-state index contributed by atoms with van der Waals surface area (Å²) >= 11 is 5.93. The normalized spacial score (nSPS) is 15.2. The molecule has 1 aromatic heterocycles. The Kier molecular flexibility index (Phi) is 5.29. The molecule has 28 heavy (non-hydrogen) atoms. The highest BCUT2D eigenvalue weighted by molar-refractivity contribution is 6.30. The number of anilines is 1. The number of carbonyl (C=O) groups excluding carboxylic acids is 1. The van der Waals surface area contributed by atoms with Crippen molar-refractivity contribution in [1.82, 2.24) is 14.8 Å². The molecule has 5 nitrogen and oxygen atoms in total. The Balaban J connectivity index is 1.57. The number of aryl methyl sites for hydroxylation is 1. The van der Waals surface area contributed by atoms with Gasteiger partial charge in [0.05, 0.1) is 5.52 Å². The van der Waals surface area contributed by atoms with E-state index in [1.54, 1.807) is 0 Å². The molecule has 1 saturated heterocycles. The van der Waals surface area contributed by atoms with E-state index in [4.69, 9.17) is 11.6 Å². The van der Waals surface area contributed by atoms with Crippen molar-refractivity contribution in [2.45, 2.75) is 6.54 Å². The highest BCUT2D eigenvalue weighted by Gasteiger charge is 2.20. The van der Waals surface area contributed by atoms with Crippen molar-refractivity contribution in [2.75, 3.05) is 38.1 Å². The number of aromatic nitrogens is 1. The van der Waals surface area contributed by atoms with Crippen LogP contribution in [-0.4, -0.2) is 48.6 Å². The number of hydrogen-bond donors (Lipinski definition) is 1. The lowest BCUT2D eigenvalue weighted by Crippen LogP contribution is -2.44. The number of nitrogens with one attached hydrogen (secondary N) is 1. The molecule has 0 atom stereocenters. The molecule has 2 heterocycles. The van der Waals surface area contributed by atoms with Gasteiger partial charge in [-0.3, -0.25) is 4.79 Å². The van der Waals surface area contributed by atoms with Crippen LogP contribution >= 0.6 is 11.6 Å². The molecule has 0 aliphatic carbocycles. The van der Waals surface area contributed by atoms with Gasteiger partial charge >= 0.3 is 0 Å². The van der Waals surface area contributed by atoms with Gasteiger partial charge in [0.2, 0.25) is 0 Å². The van der Waals surface area contributed by atoms with Crippen molar-refractivity contribution in [3.05, 3.63) is 64.8 Å². The molecule has 146 valence electrons. The van der Waals surface area contributed by atoms with E-state index in [-0.39, 0.29) is 5.91 Å². The highest BCUT2D eigenvalue weighted by Crippen LogP contribution is 2.30. The molecule has 1 amide bonds. The quantitative estimate of drug-likeness (QED) is 0.733. The molecule has 1 fully saturated rings. The Morgan fingerprint density at radius 3 is 2.46 bits per heavy atom. The van der Waals surface area contributed by atoms with Crippen LogP contribution in [0.2, 0.25) is 5.02 Å². The Hall–Kier alpha value is -2.50. The first-order valence-corrected chi connectivity index (χ1v) is 9.95. The van der Waals surface area contributed by atoms with E-state index in [0.717, 1.165) is 42.6 Å². The fraction of sp³-hybridized carbons (Fsp3) is 0.318. The van der Waals surface area contributed by atoms with E-state index >= 15 is 0 Å². The summed E-state index contributed by atoms with van der Waals surface area (Å²) in [6.07, 6.45) is 0. The zero-order chi connectivity index (χ0) is 19.7. The number of hydrogen-bond acceptors (Lipinski definition) is 3. The van der Waals surface area contributed by atoms with Crippen LogP contribution < -0.4 is 10.2 Å². The number of halogens is 1. The fourth-order valence-electron chi connectivity index (χ4n) is 3.76. The van der Waals surface area contributed by atoms with Crippen LogP contribution in [0.3, 0.4) is 0 Å². The van der Waals surface area contributed by atoms with Crippen molar-refractivity contribution in [2.24, 2.45) is 7.05 Å². The third-order valence-electron chi connectivity index (χ3n) is 5.51. The molecule has 1 aliphatic heterocycles. The largest absolute Gasteiger partial charge is 0.368 e. The second-order valence-corrected chi connectivity index (χ2v) is 7.83. The van der Waals surface area contributed by atoms with Gasteiger partial charge in [-0.25, -0.2) is 0 Å². The average Bonchev–Trinajstić information content (AvgIpc) is 3.05. The summed E-state index contributed by atoms with van der Waals surface area (Å²) in [6.45, 7) is 4.59. The van der Waals surface area contributed by atoms with Gasteiger partial charge in [-0.15, -0.1) is 0 Å². The first-order valence-electron chi connectivity index (χ1n) is 9.57. The minimum atomic E-state index is -0.0713. The van der Waals surface area contributed by atoms with Gasteiger partial charge in [-0.05, 0) is 42.9 Å². The lowest BCUT2D eigenvalue weighted by atomic mass is 10.1. The summed E-state index contributed by atoms with van der Waals surface area (Å²) < 4.78 is 1.98. The number of likely N-dealkylation sites (N-methyl/N-ethyl adjacent to an activating group) is 1. The monoisotopic (exact) mass is 396 g/mol.